The topological polar surface area (TPSA) is 131 Å². The largest absolute Gasteiger partial charge is 0.354 e. The summed E-state index contributed by atoms with van der Waals surface area (Å²) in [5, 5.41) is 19.9. The molecule has 1 aromatic heterocycles. The SMILES string of the molecule is N#CC1(NC(=O)c2ccnc(Nc3c(F)cc(C(=O)NC4=NCCN4)cc3C3CC3)c2F)CC1. The summed E-state index contributed by atoms with van der Waals surface area (Å²) in [6.07, 6.45) is 3.86. The highest BCUT2D eigenvalue weighted by molar-refractivity contribution is 6.06. The molecule has 2 aromatic rings. The molecular formula is C23H21F2N7O2. The number of hydrogen-bond acceptors (Lipinski definition) is 7. The first-order chi connectivity index (χ1) is 16.4. The molecule has 2 saturated carbocycles. The summed E-state index contributed by atoms with van der Waals surface area (Å²) in [7, 11) is 0. The van der Waals surface area contributed by atoms with Crippen molar-refractivity contribution in [1.82, 2.24) is 20.9 Å². The van der Waals surface area contributed by atoms with Gasteiger partial charge in [0.2, 0.25) is 0 Å². The molecule has 0 bridgehead atoms. The van der Waals surface area contributed by atoms with Crippen molar-refractivity contribution in [1.29, 1.82) is 5.26 Å². The van der Waals surface area contributed by atoms with Crippen LogP contribution in [0.4, 0.5) is 20.3 Å². The van der Waals surface area contributed by atoms with E-state index in [1.54, 1.807) is 6.07 Å². The number of pyridine rings is 1. The minimum Gasteiger partial charge on any atom is -0.354 e. The smallest absolute Gasteiger partial charge is 0.258 e. The Balaban J connectivity index is 1.41. The van der Waals surface area contributed by atoms with Crippen molar-refractivity contribution >= 4 is 29.3 Å². The quantitative estimate of drug-likeness (QED) is 0.518. The van der Waals surface area contributed by atoms with Crippen molar-refractivity contribution in [2.45, 2.75) is 37.1 Å². The molecule has 0 saturated heterocycles. The maximum absolute atomic E-state index is 15.2. The van der Waals surface area contributed by atoms with E-state index in [4.69, 9.17) is 5.26 Å². The average Bonchev–Trinajstić information content (AvgIpc) is 3.75. The highest BCUT2D eigenvalue weighted by Crippen LogP contribution is 2.45. The number of nitriles is 1. The number of aliphatic imine (C=N–C) groups is 1. The van der Waals surface area contributed by atoms with Gasteiger partial charge in [0.25, 0.3) is 11.8 Å². The molecule has 0 unspecified atom stereocenters. The van der Waals surface area contributed by atoms with Crippen LogP contribution in [0.25, 0.3) is 0 Å². The lowest BCUT2D eigenvalue weighted by Gasteiger charge is -2.16. The van der Waals surface area contributed by atoms with Crippen LogP contribution in [0.1, 0.15) is 57.9 Å². The van der Waals surface area contributed by atoms with Gasteiger partial charge in [-0.2, -0.15) is 5.26 Å². The van der Waals surface area contributed by atoms with E-state index in [0.29, 0.717) is 37.5 Å². The number of benzene rings is 1. The van der Waals surface area contributed by atoms with Crippen LogP contribution in [0.5, 0.6) is 0 Å². The number of hydrogen-bond donors (Lipinski definition) is 4. The molecule has 1 aromatic carbocycles. The molecule has 3 aliphatic rings. The fourth-order valence-electron chi connectivity index (χ4n) is 3.77. The molecule has 9 nitrogen and oxygen atoms in total. The fourth-order valence-corrected chi connectivity index (χ4v) is 3.77. The summed E-state index contributed by atoms with van der Waals surface area (Å²) in [6, 6.07) is 5.86. The zero-order valence-corrected chi connectivity index (χ0v) is 18.0. The highest BCUT2D eigenvalue weighted by Gasteiger charge is 2.45. The van der Waals surface area contributed by atoms with Gasteiger partial charge in [-0.3, -0.25) is 19.9 Å². The van der Waals surface area contributed by atoms with Crippen molar-refractivity contribution in [2.24, 2.45) is 4.99 Å². The van der Waals surface area contributed by atoms with Crippen molar-refractivity contribution in [3.8, 4) is 6.07 Å². The Morgan fingerprint density at radius 2 is 2.00 bits per heavy atom. The average molecular weight is 465 g/mol. The first kappa shape index (κ1) is 21.8. The molecule has 2 amide bonds. The zero-order valence-electron chi connectivity index (χ0n) is 18.0. The zero-order chi connectivity index (χ0) is 23.9. The third-order valence-corrected chi connectivity index (χ3v) is 6.00. The summed E-state index contributed by atoms with van der Waals surface area (Å²) >= 11 is 0. The molecule has 2 aliphatic carbocycles. The molecule has 1 aliphatic heterocycles. The Labute approximate surface area is 193 Å². The van der Waals surface area contributed by atoms with Gasteiger partial charge < -0.3 is 16.0 Å². The lowest BCUT2D eigenvalue weighted by molar-refractivity contribution is 0.0935. The van der Waals surface area contributed by atoms with Crippen molar-refractivity contribution < 1.29 is 18.4 Å². The van der Waals surface area contributed by atoms with E-state index in [1.807, 2.05) is 6.07 Å². The van der Waals surface area contributed by atoms with E-state index >= 15 is 8.78 Å². The van der Waals surface area contributed by atoms with E-state index in [2.05, 4.69) is 31.2 Å². The number of rotatable bonds is 6. The summed E-state index contributed by atoms with van der Waals surface area (Å²) in [5.41, 5.74) is -0.594. The predicted octanol–water partition coefficient (Wildman–Crippen LogP) is 2.46. The number of halogens is 2. The second-order valence-electron chi connectivity index (χ2n) is 8.60. The monoisotopic (exact) mass is 465 g/mol. The number of amides is 2. The van der Waals surface area contributed by atoms with Crippen molar-refractivity contribution in [3.63, 3.8) is 0 Å². The Morgan fingerprint density at radius 3 is 2.65 bits per heavy atom. The number of carbonyl (C=O) groups is 2. The Bertz CT molecular complexity index is 1260. The third-order valence-electron chi connectivity index (χ3n) is 6.00. The Morgan fingerprint density at radius 1 is 1.21 bits per heavy atom. The second-order valence-corrected chi connectivity index (χ2v) is 8.60. The van der Waals surface area contributed by atoms with E-state index in [-0.39, 0.29) is 28.6 Å². The van der Waals surface area contributed by atoms with E-state index in [9.17, 15) is 9.59 Å². The molecular weight excluding hydrogens is 444 g/mol. The first-order valence-electron chi connectivity index (χ1n) is 11.0. The number of guanidine groups is 1. The minimum atomic E-state index is -0.957. The van der Waals surface area contributed by atoms with Gasteiger partial charge in [0.1, 0.15) is 11.4 Å². The highest BCUT2D eigenvalue weighted by atomic mass is 19.1. The van der Waals surface area contributed by atoms with Crippen LogP contribution in [-0.4, -0.2) is 41.4 Å². The molecule has 5 rings (SSSR count). The van der Waals surface area contributed by atoms with Crippen LogP contribution in [-0.2, 0) is 0 Å². The molecule has 0 radical (unpaired) electrons. The lowest BCUT2D eigenvalue weighted by Crippen LogP contribution is -2.38. The van der Waals surface area contributed by atoms with Crippen LogP contribution in [0.15, 0.2) is 29.4 Å². The number of aromatic nitrogens is 1. The normalized spacial score (nSPS) is 17.7. The van der Waals surface area contributed by atoms with Crippen LogP contribution < -0.4 is 21.3 Å². The molecule has 34 heavy (non-hydrogen) atoms. The maximum Gasteiger partial charge on any atom is 0.258 e. The molecule has 0 atom stereocenters. The van der Waals surface area contributed by atoms with E-state index in [0.717, 1.165) is 18.9 Å². The molecule has 0 spiro atoms. The Hall–Kier alpha value is -4.07. The molecule has 11 heteroatoms. The number of nitrogens with one attached hydrogen (secondary N) is 4. The summed E-state index contributed by atoms with van der Waals surface area (Å²) in [5.74, 6) is -2.90. The number of nitrogens with zero attached hydrogens (tertiary/aromatic N) is 3. The van der Waals surface area contributed by atoms with Crippen LogP contribution >= 0.6 is 0 Å². The van der Waals surface area contributed by atoms with Crippen molar-refractivity contribution in [2.75, 3.05) is 18.4 Å². The Kier molecular flexibility index (Phi) is 5.36. The summed E-state index contributed by atoms with van der Waals surface area (Å²) in [4.78, 5) is 33.1. The maximum atomic E-state index is 15.2. The second kappa shape index (κ2) is 8.37. The molecule has 174 valence electrons. The van der Waals surface area contributed by atoms with Gasteiger partial charge in [0, 0.05) is 18.3 Å². The number of anilines is 2. The number of carbonyl (C=O) groups excluding carboxylic acids is 2. The van der Waals surface area contributed by atoms with Crippen LogP contribution in [0.2, 0.25) is 0 Å². The van der Waals surface area contributed by atoms with Gasteiger partial charge in [-0.05, 0) is 55.4 Å². The first-order valence-corrected chi connectivity index (χ1v) is 11.0. The van der Waals surface area contributed by atoms with Gasteiger partial charge in [-0.1, -0.05) is 0 Å². The summed E-state index contributed by atoms with van der Waals surface area (Å²) in [6.45, 7) is 1.17. The van der Waals surface area contributed by atoms with Gasteiger partial charge in [-0.25, -0.2) is 13.8 Å². The third kappa shape index (κ3) is 4.26. The fraction of sp³-hybridized carbons (Fsp3) is 0.348. The minimum absolute atomic E-state index is 0.00929. The summed E-state index contributed by atoms with van der Waals surface area (Å²) < 4.78 is 30.3. The standard InChI is InChI=1S/C23H21F2N7O2/c24-16-10-13(20(33)31-22-28-7-8-29-22)9-15(12-1-2-12)18(16)30-19-17(25)14(3-6-27-19)21(34)32-23(11-26)4-5-23/h3,6,9-10,12H,1-2,4-5,7-8H2,(H,27,30)(H,32,34)(H2,28,29,31,33). The van der Waals surface area contributed by atoms with Gasteiger partial charge in [-0.15, -0.1) is 0 Å². The van der Waals surface area contributed by atoms with Crippen LogP contribution in [0.3, 0.4) is 0 Å². The van der Waals surface area contributed by atoms with Gasteiger partial charge >= 0.3 is 0 Å². The van der Waals surface area contributed by atoms with Gasteiger partial charge in [0.15, 0.2) is 17.6 Å². The predicted molar refractivity (Wildman–Crippen MR) is 119 cm³/mol. The van der Waals surface area contributed by atoms with E-state index < -0.39 is 29.0 Å². The molecule has 2 fully saturated rings. The van der Waals surface area contributed by atoms with E-state index in [1.165, 1.54) is 12.3 Å². The van der Waals surface area contributed by atoms with Crippen LogP contribution in [0, 0.1) is 23.0 Å². The molecule has 4 N–H and O–H groups in total. The van der Waals surface area contributed by atoms with Crippen molar-refractivity contribution in [3.05, 3.63) is 52.7 Å². The lowest BCUT2D eigenvalue weighted by atomic mass is 10.0. The molecule has 2 heterocycles. The van der Waals surface area contributed by atoms with Gasteiger partial charge in [0.05, 0.1) is 23.9 Å².